The molecule has 198 valence electrons. The minimum atomic E-state index is -1.27. The molecule has 12 nitrogen and oxygen atoms in total. The Morgan fingerprint density at radius 1 is 1.34 bits per heavy atom. The van der Waals surface area contributed by atoms with Gasteiger partial charge in [-0.05, 0) is 35.4 Å². The van der Waals surface area contributed by atoms with Crippen LogP contribution in [0.1, 0.15) is 12.6 Å². The summed E-state index contributed by atoms with van der Waals surface area (Å²) < 4.78 is 1.70. The molecule has 3 atom stereocenters. The molecular formula is C22H20N6O6S4. The molecule has 3 heterocycles. The molecule has 3 N–H and O–H groups in total. The van der Waals surface area contributed by atoms with Crippen molar-refractivity contribution < 1.29 is 29.1 Å². The van der Waals surface area contributed by atoms with Crippen LogP contribution in [-0.2, 0) is 24.0 Å². The summed E-state index contributed by atoms with van der Waals surface area (Å²) in [7, 11) is 3.73. The van der Waals surface area contributed by atoms with Crippen LogP contribution in [0.5, 0.6) is 0 Å². The highest BCUT2D eigenvalue weighted by atomic mass is 33.1. The van der Waals surface area contributed by atoms with Crippen molar-refractivity contribution in [1.29, 1.82) is 0 Å². The fourth-order valence-corrected chi connectivity index (χ4v) is 8.16. The van der Waals surface area contributed by atoms with E-state index >= 15 is 0 Å². The van der Waals surface area contributed by atoms with Crippen molar-refractivity contribution in [1.82, 2.24) is 20.2 Å². The van der Waals surface area contributed by atoms with Crippen LogP contribution in [0, 0.1) is 0 Å². The Kier molecular flexibility index (Phi) is 8.65. The van der Waals surface area contributed by atoms with Crippen molar-refractivity contribution in [3.8, 4) is 0 Å². The molecule has 2 aromatic heterocycles. The maximum absolute atomic E-state index is 13.2. The van der Waals surface area contributed by atoms with Crippen LogP contribution < -0.4 is 10.6 Å². The second kappa shape index (κ2) is 11.9. The van der Waals surface area contributed by atoms with E-state index in [4.69, 9.17) is 4.84 Å². The highest BCUT2D eigenvalue weighted by Crippen LogP contribution is 2.45. The largest absolute Gasteiger partial charge is 0.479 e. The number of aliphatic carboxylic acids is 1. The molecule has 1 aliphatic rings. The molecule has 16 heteroatoms. The van der Waals surface area contributed by atoms with Gasteiger partial charge in [0.15, 0.2) is 21.2 Å². The van der Waals surface area contributed by atoms with Crippen LogP contribution in [0.25, 0.3) is 10.2 Å². The molecule has 1 fully saturated rings. The number of hydrogen-bond acceptors (Lipinski definition) is 12. The maximum atomic E-state index is 13.2. The van der Waals surface area contributed by atoms with Gasteiger partial charge in [0.25, 0.3) is 5.91 Å². The van der Waals surface area contributed by atoms with Gasteiger partial charge < -0.3 is 25.5 Å². The zero-order chi connectivity index (χ0) is 27.4. The molecular weight excluding hydrogens is 573 g/mol. The molecule has 0 radical (unpaired) electrons. The predicted molar refractivity (Wildman–Crippen MR) is 147 cm³/mol. The number of thiazole rings is 2. The normalized spacial score (nSPS) is 18.0. The number of hydrogen-bond donors (Lipinski definition) is 3. The first-order valence-electron chi connectivity index (χ1n) is 10.7. The number of carboxylic acid groups (broad SMARTS) is 1. The number of para-hydroxylation sites is 1. The lowest BCUT2D eigenvalue weighted by Gasteiger charge is -2.48. The lowest BCUT2D eigenvalue weighted by Crippen LogP contribution is -2.73. The monoisotopic (exact) mass is 592 g/mol. The van der Waals surface area contributed by atoms with Gasteiger partial charge in [-0.3, -0.25) is 14.4 Å². The van der Waals surface area contributed by atoms with E-state index < -0.39 is 35.2 Å². The van der Waals surface area contributed by atoms with E-state index in [-0.39, 0.29) is 22.1 Å². The molecule has 0 spiro atoms. The Bertz CT molecular complexity index is 1390. The van der Waals surface area contributed by atoms with Crippen LogP contribution in [0.3, 0.4) is 0 Å². The maximum Gasteiger partial charge on any atom is 0.330 e. The summed E-state index contributed by atoms with van der Waals surface area (Å²) in [6.07, 6.45) is 0.447. The number of rotatable bonds is 12. The van der Waals surface area contributed by atoms with Crippen molar-refractivity contribution >= 4 is 89.5 Å². The zero-order valence-electron chi connectivity index (χ0n) is 19.8. The molecule has 3 amide bonds. The Morgan fingerprint density at radius 2 is 2.11 bits per heavy atom. The zero-order valence-corrected chi connectivity index (χ0v) is 23.1. The van der Waals surface area contributed by atoms with E-state index in [1.54, 1.807) is 0 Å². The second-order valence-electron chi connectivity index (χ2n) is 7.72. The smallest absolute Gasteiger partial charge is 0.330 e. The van der Waals surface area contributed by atoms with Gasteiger partial charge in [-0.15, -0.1) is 22.7 Å². The van der Waals surface area contributed by atoms with Gasteiger partial charge in [-0.25, -0.2) is 14.8 Å². The minimum Gasteiger partial charge on any atom is -0.479 e. The fourth-order valence-electron chi connectivity index (χ4n) is 3.54. The summed E-state index contributed by atoms with van der Waals surface area (Å²) >= 11 is 2.53. The van der Waals surface area contributed by atoms with E-state index in [1.165, 1.54) is 57.2 Å². The molecule has 0 bridgehead atoms. The van der Waals surface area contributed by atoms with Gasteiger partial charge in [0, 0.05) is 5.38 Å². The topological polar surface area (TPSA) is 163 Å². The summed E-state index contributed by atoms with van der Waals surface area (Å²) in [5.41, 5.74) is 1.00. The second-order valence-corrected chi connectivity index (χ2v) is 12.2. The number of carbonyl (C=O) groups is 4. The van der Waals surface area contributed by atoms with Crippen molar-refractivity contribution in [2.45, 2.75) is 28.7 Å². The number of aromatic nitrogens is 2. The molecule has 3 unspecified atom stereocenters. The van der Waals surface area contributed by atoms with Crippen molar-refractivity contribution in [3.63, 3.8) is 0 Å². The Labute approximate surface area is 231 Å². The third-order valence-electron chi connectivity index (χ3n) is 5.16. The number of anilines is 1. The van der Waals surface area contributed by atoms with E-state index in [0.717, 1.165) is 21.6 Å². The predicted octanol–water partition coefficient (Wildman–Crippen LogP) is 2.79. The number of β-lactam (4-membered cyclic amide) rings is 1. The number of likely N-dealkylation sites (tertiary alicyclic amines) is 1. The van der Waals surface area contributed by atoms with Gasteiger partial charge >= 0.3 is 5.97 Å². The number of fused-ring (bicyclic) bond motifs is 1. The van der Waals surface area contributed by atoms with Crippen LogP contribution in [0.15, 0.2) is 51.3 Å². The van der Waals surface area contributed by atoms with Gasteiger partial charge in [-0.1, -0.05) is 34.7 Å². The minimum absolute atomic E-state index is 0.126. The Morgan fingerprint density at radius 3 is 2.76 bits per heavy atom. The van der Waals surface area contributed by atoms with E-state index in [2.05, 4.69) is 32.3 Å². The highest BCUT2D eigenvalue weighted by molar-refractivity contribution is 8.77. The molecule has 0 saturated carbocycles. The number of nitrogens with zero attached hydrogens (tertiary/aromatic N) is 4. The molecule has 1 aromatic carbocycles. The third-order valence-corrected chi connectivity index (χ3v) is 9.97. The van der Waals surface area contributed by atoms with Gasteiger partial charge in [0.1, 0.15) is 24.2 Å². The number of nitrogens with one attached hydrogen (secondary N) is 2. The van der Waals surface area contributed by atoms with Crippen LogP contribution >= 0.6 is 44.3 Å². The average molecular weight is 593 g/mol. The van der Waals surface area contributed by atoms with E-state index in [0.29, 0.717) is 10.7 Å². The Hall–Kier alpha value is -3.47. The quantitative estimate of drug-likeness (QED) is 0.0712. The molecule has 3 aromatic rings. The molecule has 4 rings (SSSR count). The standard InChI is InChI=1S/C22H20N6O6S4/c1-10(2)16(20(32)33)28-18(31)15(19(28)37-38-22-25-11-6-4-5-7-13(11)36-22)26-17(30)14(27-34-3)12-8-35-21(24-12)23-9-29/h4-9,15-16,19H,1H2,2-3H3,(H,26,30)(H,32,33)(H,23,24,29). The number of carboxylic acids is 1. The number of carbonyl (C=O) groups excluding carboxylic acids is 3. The van der Waals surface area contributed by atoms with E-state index in [9.17, 15) is 24.3 Å². The van der Waals surface area contributed by atoms with Gasteiger partial charge in [0.05, 0.1) is 10.2 Å². The van der Waals surface area contributed by atoms with Gasteiger partial charge in [-0.2, -0.15) is 0 Å². The first-order chi connectivity index (χ1) is 18.2. The third kappa shape index (κ3) is 5.67. The number of amides is 3. The molecule has 1 aliphatic heterocycles. The van der Waals surface area contributed by atoms with Crippen LogP contribution in [0.4, 0.5) is 5.13 Å². The number of oxime groups is 1. The lowest BCUT2D eigenvalue weighted by atomic mass is 9.99. The summed E-state index contributed by atoms with van der Waals surface area (Å²) in [6.45, 7) is 5.25. The number of benzene rings is 1. The lowest BCUT2D eigenvalue weighted by molar-refractivity contribution is -0.159. The summed E-state index contributed by atoms with van der Waals surface area (Å²) in [5, 5.41) is 19.5. The van der Waals surface area contributed by atoms with Gasteiger partial charge in [0.2, 0.25) is 12.3 Å². The first kappa shape index (κ1) is 27.6. The summed E-state index contributed by atoms with van der Waals surface area (Å²) in [4.78, 5) is 63.6. The molecule has 38 heavy (non-hydrogen) atoms. The highest BCUT2D eigenvalue weighted by Gasteiger charge is 2.54. The van der Waals surface area contributed by atoms with E-state index in [1.807, 2.05) is 24.3 Å². The van der Waals surface area contributed by atoms with Crippen molar-refractivity contribution in [2.75, 3.05) is 12.4 Å². The summed E-state index contributed by atoms with van der Waals surface area (Å²) in [5.74, 6) is -2.58. The molecule has 0 aliphatic carbocycles. The van der Waals surface area contributed by atoms with Crippen LogP contribution in [-0.4, -0.2) is 74.4 Å². The Balaban J connectivity index is 1.57. The SMILES string of the molecule is C=C(C)C(C(=O)O)N1C(=O)C(NC(=O)C(=NOC)c2csc(NC=O)n2)C1SSc1nc2ccccc2s1. The molecule has 1 saturated heterocycles. The fraction of sp³-hybridized carbons (Fsp3) is 0.227. The average Bonchev–Trinajstić information content (AvgIpc) is 3.51. The van der Waals surface area contributed by atoms with Crippen molar-refractivity contribution in [3.05, 3.63) is 47.5 Å². The first-order valence-corrected chi connectivity index (χ1v) is 14.6. The van der Waals surface area contributed by atoms with Crippen molar-refractivity contribution in [2.24, 2.45) is 5.16 Å². The summed E-state index contributed by atoms with van der Waals surface area (Å²) in [6, 6.07) is 5.27. The van der Waals surface area contributed by atoms with Crippen LogP contribution in [0.2, 0.25) is 0 Å².